The number of hydrogen-bond acceptors (Lipinski definition) is 3. The van der Waals surface area contributed by atoms with Crippen LogP contribution in [-0.4, -0.2) is 19.1 Å². The Balaban J connectivity index is 1.95. The molecule has 1 N–H and O–H groups in total. The number of carbonyl (C=O) groups excluding carboxylic acids is 1. The molecule has 4 heteroatoms. The summed E-state index contributed by atoms with van der Waals surface area (Å²) in [5, 5.41) is 3.05. The monoisotopic (exact) mass is 327 g/mol. The molecule has 2 aromatic rings. The van der Waals surface area contributed by atoms with Crippen molar-refractivity contribution < 1.29 is 14.3 Å². The van der Waals surface area contributed by atoms with E-state index in [1.54, 1.807) is 14.0 Å². The summed E-state index contributed by atoms with van der Waals surface area (Å²) >= 11 is 0. The number of amides is 1. The second kappa shape index (κ2) is 9.08. The summed E-state index contributed by atoms with van der Waals surface area (Å²) in [4.78, 5) is 12.4. The van der Waals surface area contributed by atoms with Crippen molar-refractivity contribution in [1.82, 2.24) is 5.32 Å². The molecule has 0 bridgehead atoms. The Morgan fingerprint density at radius 3 is 2.42 bits per heavy atom. The number of rotatable bonds is 8. The Hall–Kier alpha value is -2.33. The second-order valence-corrected chi connectivity index (χ2v) is 5.65. The van der Waals surface area contributed by atoms with Gasteiger partial charge in [0.2, 0.25) is 5.91 Å². The van der Waals surface area contributed by atoms with Gasteiger partial charge in [0.15, 0.2) is 0 Å². The molecule has 2 unspecified atom stereocenters. The molecule has 0 saturated heterocycles. The van der Waals surface area contributed by atoms with Crippen LogP contribution in [0.4, 0.5) is 0 Å². The van der Waals surface area contributed by atoms with Gasteiger partial charge in [-0.15, -0.1) is 0 Å². The molecule has 2 aromatic carbocycles. The van der Waals surface area contributed by atoms with E-state index in [2.05, 4.69) is 5.32 Å². The highest BCUT2D eigenvalue weighted by atomic mass is 16.5. The first-order chi connectivity index (χ1) is 11.7. The van der Waals surface area contributed by atoms with Gasteiger partial charge in [0.25, 0.3) is 0 Å². The molecule has 2 atom stereocenters. The first-order valence-corrected chi connectivity index (χ1v) is 8.24. The third-order valence-electron chi connectivity index (χ3n) is 3.95. The van der Waals surface area contributed by atoms with E-state index in [-0.39, 0.29) is 11.9 Å². The van der Waals surface area contributed by atoms with Gasteiger partial charge < -0.3 is 14.8 Å². The van der Waals surface area contributed by atoms with E-state index in [0.717, 1.165) is 23.3 Å². The molecule has 0 radical (unpaired) electrons. The van der Waals surface area contributed by atoms with Gasteiger partial charge in [-0.1, -0.05) is 55.5 Å². The first kappa shape index (κ1) is 18.0. The summed E-state index contributed by atoms with van der Waals surface area (Å²) in [5.41, 5.74) is 2.03. The molecule has 2 rings (SSSR count). The SMILES string of the molecule is CCC(NC(=O)C(C)OCc1ccccc1)c1ccccc1OC. The quantitative estimate of drug-likeness (QED) is 0.801. The maximum Gasteiger partial charge on any atom is 0.249 e. The maximum absolute atomic E-state index is 12.4. The topological polar surface area (TPSA) is 47.6 Å². The fraction of sp³-hybridized carbons (Fsp3) is 0.350. The van der Waals surface area contributed by atoms with Crippen molar-refractivity contribution >= 4 is 5.91 Å². The lowest BCUT2D eigenvalue weighted by Gasteiger charge is -2.22. The van der Waals surface area contributed by atoms with Crippen LogP contribution in [-0.2, 0) is 16.1 Å². The summed E-state index contributed by atoms with van der Waals surface area (Å²) in [6.45, 7) is 4.22. The van der Waals surface area contributed by atoms with E-state index in [4.69, 9.17) is 9.47 Å². The zero-order valence-corrected chi connectivity index (χ0v) is 14.5. The fourth-order valence-corrected chi connectivity index (χ4v) is 2.51. The van der Waals surface area contributed by atoms with Crippen molar-refractivity contribution in [3.63, 3.8) is 0 Å². The van der Waals surface area contributed by atoms with Crippen molar-refractivity contribution in [2.45, 2.75) is 39.0 Å². The standard InChI is InChI=1S/C20H25NO3/c1-4-18(17-12-8-9-13-19(17)23-3)21-20(22)15(2)24-14-16-10-6-5-7-11-16/h5-13,15,18H,4,14H2,1-3H3,(H,21,22). The Bertz CT molecular complexity index is 642. The Kier molecular flexibility index (Phi) is 6.82. The van der Waals surface area contributed by atoms with Gasteiger partial charge in [0.1, 0.15) is 11.9 Å². The highest BCUT2D eigenvalue weighted by Crippen LogP contribution is 2.26. The van der Waals surface area contributed by atoms with E-state index < -0.39 is 6.10 Å². The van der Waals surface area contributed by atoms with E-state index in [9.17, 15) is 4.79 Å². The van der Waals surface area contributed by atoms with Crippen LogP contribution in [0.1, 0.15) is 37.4 Å². The average molecular weight is 327 g/mol. The fourth-order valence-electron chi connectivity index (χ4n) is 2.51. The van der Waals surface area contributed by atoms with Crippen molar-refractivity contribution in [1.29, 1.82) is 0 Å². The molecular weight excluding hydrogens is 302 g/mol. The molecule has 0 fully saturated rings. The lowest BCUT2D eigenvalue weighted by Crippen LogP contribution is -2.37. The second-order valence-electron chi connectivity index (χ2n) is 5.65. The lowest BCUT2D eigenvalue weighted by atomic mass is 10.0. The molecule has 24 heavy (non-hydrogen) atoms. The average Bonchev–Trinajstić information content (AvgIpc) is 2.64. The Labute approximate surface area is 143 Å². The number of nitrogens with one attached hydrogen (secondary N) is 1. The molecule has 0 aliphatic carbocycles. The predicted molar refractivity (Wildman–Crippen MR) is 94.9 cm³/mol. The predicted octanol–water partition coefficient (Wildman–Crippen LogP) is 3.87. The molecule has 0 saturated carbocycles. The Morgan fingerprint density at radius 1 is 1.08 bits per heavy atom. The van der Waals surface area contributed by atoms with Crippen molar-refractivity contribution in [3.8, 4) is 5.75 Å². The summed E-state index contributed by atoms with van der Waals surface area (Å²) in [5.74, 6) is 0.659. The normalized spacial score (nSPS) is 13.1. The van der Waals surface area contributed by atoms with Crippen LogP contribution in [0, 0.1) is 0 Å². The van der Waals surface area contributed by atoms with E-state index in [1.807, 2.05) is 61.5 Å². The minimum Gasteiger partial charge on any atom is -0.496 e. The van der Waals surface area contributed by atoms with Crippen LogP contribution in [0.2, 0.25) is 0 Å². The van der Waals surface area contributed by atoms with Crippen LogP contribution >= 0.6 is 0 Å². The van der Waals surface area contributed by atoms with Gasteiger partial charge >= 0.3 is 0 Å². The van der Waals surface area contributed by atoms with Crippen LogP contribution in [0.25, 0.3) is 0 Å². The van der Waals surface area contributed by atoms with Gasteiger partial charge in [-0.25, -0.2) is 0 Å². The minimum atomic E-state index is -0.519. The molecule has 128 valence electrons. The van der Waals surface area contributed by atoms with E-state index in [0.29, 0.717) is 6.61 Å². The van der Waals surface area contributed by atoms with E-state index in [1.165, 1.54) is 0 Å². The largest absolute Gasteiger partial charge is 0.496 e. The third kappa shape index (κ3) is 4.83. The smallest absolute Gasteiger partial charge is 0.249 e. The maximum atomic E-state index is 12.4. The number of methoxy groups -OCH3 is 1. The Morgan fingerprint density at radius 2 is 1.75 bits per heavy atom. The molecule has 1 amide bonds. The van der Waals surface area contributed by atoms with Gasteiger partial charge in [-0.2, -0.15) is 0 Å². The van der Waals surface area contributed by atoms with Gasteiger partial charge in [0, 0.05) is 5.56 Å². The molecule has 0 heterocycles. The van der Waals surface area contributed by atoms with Crippen LogP contribution in [0.5, 0.6) is 5.75 Å². The van der Waals surface area contributed by atoms with Crippen molar-refractivity contribution in [2.24, 2.45) is 0 Å². The number of ether oxygens (including phenoxy) is 2. The number of carbonyl (C=O) groups is 1. The zero-order chi connectivity index (χ0) is 17.4. The molecule has 0 aromatic heterocycles. The molecule has 4 nitrogen and oxygen atoms in total. The van der Waals surface area contributed by atoms with E-state index >= 15 is 0 Å². The first-order valence-electron chi connectivity index (χ1n) is 8.24. The van der Waals surface area contributed by atoms with Crippen LogP contribution in [0.3, 0.4) is 0 Å². The minimum absolute atomic E-state index is 0.101. The molecule has 0 spiro atoms. The number of hydrogen-bond donors (Lipinski definition) is 1. The van der Waals surface area contributed by atoms with Gasteiger partial charge in [-0.3, -0.25) is 4.79 Å². The van der Waals surface area contributed by atoms with Crippen molar-refractivity contribution in [3.05, 3.63) is 65.7 Å². The zero-order valence-electron chi connectivity index (χ0n) is 14.5. The molecule has 0 aliphatic heterocycles. The summed E-state index contributed by atoms with van der Waals surface area (Å²) in [7, 11) is 1.64. The van der Waals surface area contributed by atoms with Gasteiger partial charge in [-0.05, 0) is 25.0 Å². The highest BCUT2D eigenvalue weighted by Gasteiger charge is 2.20. The highest BCUT2D eigenvalue weighted by molar-refractivity contribution is 5.80. The van der Waals surface area contributed by atoms with Gasteiger partial charge in [0.05, 0.1) is 19.8 Å². The third-order valence-corrected chi connectivity index (χ3v) is 3.95. The summed E-state index contributed by atoms with van der Waals surface area (Å²) < 4.78 is 11.1. The summed E-state index contributed by atoms with van der Waals surface area (Å²) in [6, 6.07) is 17.5. The van der Waals surface area contributed by atoms with Crippen molar-refractivity contribution in [2.75, 3.05) is 7.11 Å². The lowest BCUT2D eigenvalue weighted by molar-refractivity contribution is -0.133. The molecule has 0 aliphatic rings. The van der Waals surface area contributed by atoms with Crippen LogP contribution < -0.4 is 10.1 Å². The molecular formula is C20H25NO3. The number of para-hydroxylation sites is 1. The van der Waals surface area contributed by atoms with Crippen LogP contribution in [0.15, 0.2) is 54.6 Å². The summed E-state index contributed by atoms with van der Waals surface area (Å²) in [6.07, 6.45) is 0.256. The number of benzene rings is 2.